The maximum Gasteiger partial charge on any atom is 0.209 e. The van der Waals surface area contributed by atoms with E-state index in [1.807, 2.05) is 47.2 Å². The third kappa shape index (κ3) is 0.880. The van der Waals surface area contributed by atoms with Gasteiger partial charge in [-0.1, -0.05) is 24.3 Å². The molecule has 0 saturated heterocycles. The lowest BCUT2D eigenvalue weighted by Gasteiger charge is -2.17. The van der Waals surface area contributed by atoms with E-state index in [0.717, 1.165) is 23.4 Å². The number of benzene rings is 1. The Kier molecular flexibility index (Phi) is 1.39. The van der Waals surface area contributed by atoms with Gasteiger partial charge in [0, 0.05) is 18.3 Å². The predicted molar refractivity (Wildman–Crippen MR) is 53.4 cm³/mol. The van der Waals surface area contributed by atoms with Crippen molar-refractivity contribution in [1.82, 2.24) is 4.57 Å². The first-order chi connectivity index (χ1) is 6.86. The van der Waals surface area contributed by atoms with Crippen LogP contribution in [-0.4, -0.2) is 10.4 Å². The third-order valence-electron chi connectivity index (χ3n) is 2.66. The molecule has 0 amide bonds. The van der Waals surface area contributed by atoms with Gasteiger partial charge in [0.15, 0.2) is 0 Å². The van der Waals surface area contributed by atoms with Crippen molar-refractivity contribution >= 4 is 5.78 Å². The number of aromatic nitrogens is 1. The van der Waals surface area contributed by atoms with Crippen molar-refractivity contribution in [3.8, 4) is 0 Å². The summed E-state index contributed by atoms with van der Waals surface area (Å²) < 4.78 is 1.99. The van der Waals surface area contributed by atoms with E-state index < -0.39 is 0 Å². The Morgan fingerprint density at radius 1 is 1.07 bits per heavy atom. The number of hydrogen-bond donors (Lipinski definition) is 0. The van der Waals surface area contributed by atoms with Crippen LogP contribution in [0.5, 0.6) is 0 Å². The lowest BCUT2D eigenvalue weighted by Crippen LogP contribution is -2.18. The molecular weight excluding hydrogens is 174 g/mol. The molecule has 68 valence electrons. The van der Waals surface area contributed by atoms with Crippen LogP contribution in [0.3, 0.4) is 0 Å². The number of hydrogen-bond acceptors (Lipinski definition) is 1. The Morgan fingerprint density at radius 2 is 1.93 bits per heavy atom. The number of fused-ring (bicyclic) bond motifs is 2. The van der Waals surface area contributed by atoms with Gasteiger partial charge in [-0.05, 0) is 17.7 Å². The van der Waals surface area contributed by atoms with Gasteiger partial charge in [-0.3, -0.25) is 4.79 Å². The van der Waals surface area contributed by atoms with E-state index in [0.29, 0.717) is 0 Å². The van der Waals surface area contributed by atoms with Crippen molar-refractivity contribution in [3.63, 3.8) is 0 Å². The molecule has 2 nitrogen and oxygen atoms in total. The SMILES string of the molecule is O=C1c2ccccc2Cn2cccc21. The van der Waals surface area contributed by atoms with Crippen molar-refractivity contribution in [3.05, 3.63) is 59.4 Å². The van der Waals surface area contributed by atoms with Crippen molar-refractivity contribution in [1.29, 1.82) is 0 Å². The monoisotopic (exact) mass is 183 g/mol. The Morgan fingerprint density at radius 3 is 2.86 bits per heavy atom. The summed E-state index contributed by atoms with van der Waals surface area (Å²) >= 11 is 0. The minimum absolute atomic E-state index is 0.136. The summed E-state index contributed by atoms with van der Waals surface area (Å²) in [5, 5.41) is 0. The highest BCUT2D eigenvalue weighted by atomic mass is 16.1. The molecular formula is C12H9NO. The molecule has 2 heterocycles. The quantitative estimate of drug-likeness (QED) is 0.523. The van der Waals surface area contributed by atoms with Gasteiger partial charge in [0.25, 0.3) is 0 Å². The molecule has 3 rings (SSSR count). The molecule has 0 radical (unpaired) electrons. The van der Waals surface area contributed by atoms with E-state index in [1.54, 1.807) is 0 Å². The maximum atomic E-state index is 11.9. The highest BCUT2D eigenvalue weighted by molar-refractivity contribution is 6.09. The first-order valence-electron chi connectivity index (χ1n) is 4.64. The van der Waals surface area contributed by atoms with Crippen LogP contribution in [0.2, 0.25) is 0 Å². The van der Waals surface area contributed by atoms with E-state index in [9.17, 15) is 4.79 Å². The standard InChI is InChI=1S/C12H9NO/c14-12-10-5-2-1-4-9(10)8-13-7-3-6-11(12)13/h1-7H,8H2. The number of carbonyl (C=O) groups excluding carboxylic acids is 1. The Bertz CT molecular complexity index is 511. The Balaban J connectivity index is 2.26. The second-order valence-electron chi connectivity index (χ2n) is 3.51. The van der Waals surface area contributed by atoms with Gasteiger partial charge in [0.05, 0.1) is 5.69 Å². The minimum atomic E-state index is 0.136. The van der Waals surface area contributed by atoms with E-state index >= 15 is 0 Å². The summed E-state index contributed by atoms with van der Waals surface area (Å²) in [6.45, 7) is 0.810. The number of ketones is 1. The van der Waals surface area contributed by atoms with Crippen LogP contribution >= 0.6 is 0 Å². The molecule has 0 spiro atoms. The van der Waals surface area contributed by atoms with Gasteiger partial charge >= 0.3 is 0 Å². The summed E-state index contributed by atoms with van der Waals surface area (Å²) in [5.41, 5.74) is 2.75. The molecule has 0 unspecified atom stereocenters. The van der Waals surface area contributed by atoms with Gasteiger partial charge in [0.1, 0.15) is 0 Å². The number of rotatable bonds is 0. The van der Waals surface area contributed by atoms with E-state index in [4.69, 9.17) is 0 Å². The Hall–Kier alpha value is -1.83. The summed E-state index contributed by atoms with van der Waals surface area (Å²) in [7, 11) is 0. The molecule has 2 heteroatoms. The zero-order chi connectivity index (χ0) is 9.54. The highest BCUT2D eigenvalue weighted by Gasteiger charge is 2.21. The summed E-state index contributed by atoms with van der Waals surface area (Å²) in [5.74, 6) is 0.136. The van der Waals surface area contributed by atoms with Gasteiger partial charge in [-0.2, -0.15) is 0 Å². The molecule has 0 atom stereocenters. The van der Waals surface area contributed by atoms with Crippen molar-refractivity contribution in [2.24, 2.45) is 0 Å². The van der Waals surface area contributed by atoms with Crippen LogP contribution in [0.25, 0.3) is 0 Å². The fourth-order valence-corrected chi connectivity index (χ4v) is 1.96. The summed E-state index contributed by atoms with van der Waals surface area (Å²) in [4.78, 5) is 11.9. The lowest BCUT2D eigenvalue weighted by molar-refractivity contribution is 0.102. The molecule has 1 aliphatic rings. The zero-order valence-corrected chi connectivity index (χ0v) is 7.60. The molecule has 0 N–H and O–H groups in total. The maximum absolute atomic E-state index is 11.9. The summed E-state index contributed by atoms with van der Waals surface area (Å²) in [6, 6.07) is 11.6. The fraction of sp³-hybridized carbons (Fsp3) is 0.0833. The molecule has 0 bridgehead atoms. The van der Waals surface area contributed by atoms with E-state index in [1.165, 1.54) is 0 Å². The van der Waals surface area contributed by atoms with Crippen LogP contribution in [0.4, 0.5) is 0 Å². The molecule has 0 fully saturated rings. The van der Waals surface area contributed by atoms with E-state index in [2.05, 4.69) is 0 Å². The second-order valence-corrected chi connectivity index (χ2v) is 3.51. The van der Waals surface area contributed by atoms with E-state index in [-0.39, 0.29) is 5.78 Å². The first-order valence-corrected chi connectivity index (χ1v) is 4.64. The van der Waals surface area contributed by atoms with Crippen LogP contribution in [0.1, 0.15) is 21.6 Å². The van der Waals surface area contributed by atoms with Gasteiger partial charge in [-0.15, -0.1) is 0 Å². The average molecular weight is 183 g/mol. The third-order valence-corrected chi connectivity index (χ3v) is 2.66. The highest BCUT2D eigenvalue weighted by Crippen LogP contribution is 2.21. The normalized spacial score (nSPS) is 13.6. The largest absolute Gasteiger partial charge is 0.340 e. The topological polar surface area (TPSA) is 22.0 Å². The molecule has 1 aromatic carbocycles. The van der Waals surface area contributed by atoms with Crippen molar-refractivity contribution in [2.45, 2.75) is 6.54 Å². The second kappa shape index (κ2) is 2.58. The molecule has 1 aliphatic heterocycles. The van der Waals surface area contributed by atoms with Crippen LogP contribution in [0, 0.1) is 0 Å². The van der Waals surface area contributed by atoms with Gasteiger partial charge in [0.2, 0.25) is 5.78 Å². The molecule has 0 saturated carbocycles. The van der Waals surface area contributed by atoms with Gasteiger partial charge in [-0.25, -0.2) is 0 Å². The Labute approximate surface area is 81.8 Å². The first kappa shape index (κ1) is 7.56. The van der Waals surface area contributed by atoms with Crippen LogP contribution < -0.4 is 0 Å². The molecule has 0 aliphatic carbocycles. The van der Waals surface area contributed by atoms with Gasteiger partial charge < -0.3 is 4.57 Å². The minimum Gasteiger partial charge on any atom is -0.340 e. The fourth-order valence-electron chi connectivity index (χ4n) is 1.96. The smallest absolute Gasteiger partial charge is 0.209 e. The van der Waals surface area contributed by atoms with Crippen LogP contribution in [-0.2, 0) is 6.54 Å². The zero-order valence-electron chi connectivity index (χ0n) is 7.60. The van der Waals surface area contributed by atoms with Crippen LogP contribution in [0.15, 0.2) is 42.6 Å². The van der Waals surface area contributed by atoms with Crippen molar-refractivity contribution in [2.75, 3.05) is 0 Å². The molecule has 14 heavy (non-hydrogen) atoms. The predicted octanol–water partition coefficient (Wildman–Crippen LogP) is 2.08. The molecule has 1 aromatic heterocycles. The summed E-state index contributed by atoms with van der Waals surface area (Å²) in [6.07, 6.45) is 1.95. The molecule has 2 aromatic rings. The lowest BCUT2D eigenvalue weighted by atomic mass is 9.98. The number of carbonyl (C=O) groups is 1. The van der Waals surface area contributed by atoms with Crippen molar-refractivity contribution < 1.29 is 4.79 Å². The average Bonchev–Trinajstić information content (AvgIpc) is 2.66. The number of nitrogens with zero attached hydrogens (tertiary/aromatic N) is 1.